The van der Waals surface area contributed by atoms with Crippen LogP contribution in [0.2, 0.25) is 0 Å². The molecule has 1 saturated carbocycles. The summed E-state index contributed by atoms with van der Waals surface area (Å²) in [5, 5.41) is 10.4. The average molecular weight is 208 g/mol. The molecule has 0 amide bonds. The Morgan fingerprint density at radius 2 is 2.20 bits per heavy atom. The van der Waals surface area contributed by atoms with Gasteiger partial charge in [-0.3, -0.25) is 0 Å². The maximum absolute atomic E-state index is 13.1. The second-order valence-electron chi connectivity index (χ2n) is 4.84. The molecule has 1 nitrogen and oxygen atoms in total. The number of hydrogen-bond donors (Lipinski definition) is 1. The first-order chi connectivity index (χ1) is 7.01. The van der Waals surface area contributed by atoms with Gasteiger partial charge in [-0.1, -0.05) is 19.1 Å². The third-order valence-corrected chi connectivity index (χ3v) is 3.43. The van der Waals surface area contributed by atoms with Gasteiger partial charge < -0.3 is 5.11 Å². The number of rotatable bonds is 1. The van der Waals surface area contributed by atoms with Gasteiger partial charge in [-0.2, -0.15) is 0 Å². The van der Waals surface area contributed by atoms with Crippen LogP contribution in [0, 0.1) is 18.7 Å². The molecule has 15 heavy (non-hydrogen) atoms. The molecule has 1 fully saturated rings. The second-order valence-corrected chi connectivity index (χ2v) is 4.84. The lowest BCUT2D eigenvalue weighted by molar-refractivity contribution is 0.0406. The van der Waals surface area contributed by atoms with E-state index < -0.39 is 5.60 Å². The third kappa shape index (κ3) is 1.91. The Bertz CT molecular complexity index is 375. The zero-order chi connectivity index (χ0) is 11.1. The van der Waals surface area contributed by atoms with Gasteiger partial charge in [-0.15, -0.1) is 0 Å². The van der Waals surface area contributed by atoms with Crippen molar-refractivity contribution < 1.29 is 9.50 Å². The van der Waals surface area contributed by atoms with E-state index in [1.165, 1.54) is 6.07 Å². The van der Waals surface area contributed by atoms with Crippen LogP contribution in [0.3, 0.4) is 0 Å². The van der Waals surface area contributed by atoms with E-state index in [2.05, 4.69) is 6.92 Å². The zero-order valence-electron chi connectivity index (χ0n) is 9.26. The van der Waals surface area contributed by atoms with E-state index in [0.29, 0.717) is 11.5 Å². The van der Waals surface area contributed by atoms with E-state index in [4.69, 9.17) is 0 Å². The maximum atomic E-state index is 13.1. The van der Waals surface area contributed by atoms with Crippen molar-refractivity contribution in [3.05, 3.63) is 35.1 Å². The maximum Gasteiger partial charge on any atom is 0.126 e. The van der Waals surface area contributed by atoms with Gasteiger partial charge >= 0.3 is 0 Å². The molecule has 1 aromatic rings. The first-order valence-corrected chi connectivity index (χ1v) is 5.50. The van der Waals surface area contributed by atoms with E-state index in [-0.39, 0.29) is 5.82 Å². The Morgan fingerprint density at radius 3 is 2.73 bits per heavy atom. The van der Waals surface area contributed by atoms with Crippen molar-refractivity contribution in [2.75, 3.05) is 0 Å². The van der Waals surface area contributed by atoms with E-state index in [1.54, 1.807) is 19.1 Å². The Hall–Kier alpha value is -0.890. The van der Waals surface area contributed by atoms with Crippen LogP contribution in [0.5, 0.6) is 0 Å². The minimum atomic E-state index is -0.724. The van der Waals surface area contributed by atoms with Crippen molar-refractivity contribution >= 4 is 0 Å². The summed E-state index contributed by atoms with van der Waals surface area (Å²) >= 11 is 0. The van der Waals surface area contributed by atoms with Crippen molar-refractivity contribution in [1.29, 1.82) is 0 Å². The van der Waals surface area contributed by atoms with Gasteiger partial charge in [-0.05, 0) is 49.3 Å². The molecule has 0 saturated heterocycles. The van der Waals surface area contributed by atoms with Crippen LogP contribution < -0.4 is 0 Å². The van der Waals surface area contributed by atoms with E-state index in [1.807, 2.05) is 0 Å². The van der Waals surface area contributed by atoms with Crippen LogP contribution in [-0.2, 0) is 5.60 Å². The highest BCUT2D eigenvalue weighted by Gasteiger charge is 2.36. The second kappa shape index (κ2) is 3.60. The topological polar surface area (TPSA) is 20.2 Å². The minimum absolute atomic E-state index is 0.201. The standard InChI is InChI=1S/C13H17FO/c1-9-5-6-13(15,8-9)11-3-4-12(14)10(2)7-11/h3-4,7,9,15H,5-6,8H2,1-2H3. The van der Waals surface area contributed by atoms with Gasteiger partial charge in [0.05, 0.1) is 5.60 Å². The highest BCUT2D eigenvalue weighted by molar-refractivity contribution is 5.29. The van der Waals surface area contributed by atoms with E-state index in [0.717, 1.165) is 24.8 Å². The Labute approximate surface area is 89.9 Å². The van der Waals surface area contributed by atoms with Gasteiger partial charge in [0.25, 0.3) is 0 Å². The molecular weight excluding hydrogens is 191 g/mol. The normalized spacial score (nSPS) is 30.8. The van der Waals surface area contributed by atoms with Crippen LogP contribution in [0.15, 0.2) is 18.2 Å². The first-order valence-electron chi connectivity index (χ1n) is 5.50. The smallest absolute Gasteiger partial charge is 0.126 e. The van der Waals surface area contributed by atoms with Crippen LogP contribution in [-0.4, -0.2) is 5.11 Å². The zero-order valence-corrected chi connectivity index (χ0v) is 9.26. The molecule has 2 heteroatoms. The number of aliphatic hydroxyl groups is 1. The van der Waals surface area contributed by atoms with Gasteiger partial charge in [0, 0.05) is 0 Å². The molecule has 82 valence electrons. The summed E-state index contributed by atoms with van der Waals surface area (Å²) in [7, 11) is 0. The molecule has 2 rings (SSSR count). The van der Waals surface area contributed by atoms with Crippen LogP contribution in [0.25, 0.3) is 0 Å². The van der Waals surface area contributed by atoms with Crippen molar-refractivity contribution in [3.8, 4) is 0 Å². The summed E-state index contributed by atoms with van der Waals surface area (Å²) in [6.07, 6.45) is 2.63. The van der Waals surface area contributed by atoms with Crippen molar-refractivity contribution in [2.45, 2.75) is 38.7 Å². The Kier molecular flexibility index (Phi) is 2.55. The fourth-order valence-corrected chi connectivity index (χ4v) is 2.46. The number of aryl methyl sites for hydroxylation is 1. The lowest BCUT2D eigenvalue weighted by atomic mass is 9.90. The van der Waals surface area contributed by atoms with Crippen molar-refractivity contribution in [2.24, 2.45) is 5.92 Å². The quantitative estimate of drug-likeness (QED) is 0.751. The molecule has 2 unspecified atom stereocenters. The summed E-state index contributed by atoms with van der Waals surface area (Å²) in [5.41, 5.74) is 0.754. The van der Waals surface area contributed by atoms with E-state index in [9.17, 15) is 9.50 Å². The molecule has 0 aromatic heterocycles. The minimum Gasteiger partial charge on any atom is -0.385 e. The van der Waals surface area contributed by atoms with Crippen LogP contribution in [0.1, 0.15) is 37.3 Å². The molecule has 1 N–H and O–H groups in total. The SMILES string of the molecule is Cc1cc(C2(O)CCC(C)C2)ccc1F. The fourth-order valence-electron chi connectivity index (χ4n) is 2.46. The molecule has 0 bridgehead atoms. The predicted molar refractivity (Wildman–Crippen MR) is 58.0 cm³/mol. The van der Waals surface area contributed by atoms with Crippen molar-refractivity contribution in [3.63, 3.8) is 0 Å². The van der Waals surface area contributed by atoms with Crippen LogP contribution >= 0.6 is 0 Å². The number of benzene rings is 1. The molecule has 2 atom stereocenters. The molecular formula is C13H17FO. The first kappa shape index (κ1) is 10.6. The summed E-state index contributed by atoms with van der Waals surface area (Å²) in [6.45, 7) is 3.88. The highest BCUT2D eigenvalue weighted by Crippen LogP contribution is 2.42. The van der Waals surface area contributed by atoms with Gasteiger partial charge in [-0.25, -0.2) is 4.39 Å². The lowest BCUT2D eigenvalue weighted by Crippen LogP contribution is -2.21. The predicted octanol–water partition coefficient (Wildman–Crippen LogP) is 3.14. The largest absolute Gasteiger partial charge is 0.385 e. The Morgan fingerprint density at radius 1 is 1.47 bits per heavy atom. The average Bonchev–Trinajstić information content (AvgIpc) is 2.52. The lowest BCUT2D eigenvalue weighted by Gasteiger charge is -2.23. The molecule has 0 radical (unpaired) electrons. The van der Waals surface area contributed by atoms with Crippen LogP contribution in [0.4, 0.5) is 4.39 Å². The number of hydrogen-bond acceptors (Lipinski definition) is 1. The molecule has 0 heterocycles. The summed E-state index contributed by atoms with van der Waals surface area (Å²) in [4.78, 5) is 0. The number of halogens is 1. The third-order valence-electron chi connectivity index (χ3n) is 3.43. The van der Waals surface area contributed by atoms with Gasteiger partial charge in [0.15, 0.2) is 0 Å². The fraction of sp³-hybridized carbons (Fsp3) is 0.538. The monoisotopic (exact) mass is 208 g/mol. The highest BCUT2D eigenvalue weighted by atomic mass is 19.1. The Balaban J connectivity index is 2.33. The van der Waals surface area contributed by atoms with Gasteiger partial charge in [0.2, 0.25) is 0 Å². The summed E-state index contributed by atoms with van der Waals surface area (Å²) in [6, 6.07) is 4.93. The molecule has 1 aliphatic rings. The molecule has 0 spiro atoms. The molecule has 1 aromatic carbocycles. The summed E-state index contributed by atoms with van der Waals surface area (Å²) < 4.78 is 13.1. The van der Waals surface area contributed by atoms with Gasteiger partial charge in [0.1, 0.15) is 5.82 Å². The molecule has 0 aliphatic heterocycles. The summed E-state index contributed by atoms with van der Waals surface area (Å²) in [5.74, 6) is 0.355. The van der Waals surface area contributed by atoms with Crippen molar-refractivity contribution in [1.82, 2.24) is 0 Å². The molecule has 1 aliphatic carbocycles. The van der Waals surface area contributed by atoms with E-state index >= 15 is 0 Å².